The van der Waals surface area contributed by atoms with Gasteiger partial charge < -0.3 is 10.1 Å². The van der Waals surface area contributed by atoms with Gasteiger partial charge in [0.05, 0.1) is 6.61 Å². The minimum absolute atomic E-state index is 0.0627. The van der Waals surface area contributed by atoms with Gasteiger partial charge in [0.2, 0.25) is 5.91 Å². The zero-order valence-corrected chi connectivity index (χ0v) is 17.6. The van der Waals surface area contributed by atoms with Crippen molar-refractivity contribution in [1.82, 2.24) is 10.8 Å². The molecule has 0 heterocycles. The average molecular weight is 423 g/mol. The Morgan fingerprint density at radius 3 is 2.42 bits per heavy atom. The molecule has 0 aliphatic heterocycles. The first kappa shape index (κ1) is 22.6. The van der Waals surface area contributed by atoms with E-state index in [0.29, 0.717) is 30.3 Å². The van der Waals surface area contributed by atoms with Crippen LogP contribution in [0.2, 0.25) is 0 Å². The number of hydrogen-bond donors (Lipinski definition) is 3. The summed E-state index contributed by atoms with van der Waals surface area (Å²) >= 11 is 0. The molecule has 1 aliphatic carbocycles. The van der Waals surface area contributed by atoms with Gasteiger partial charge in [-0.15, -0.1) is 0 Å². The molecule has 1 saturated carbocycles. The summed E-state index contributed by atoms with van der Waals surface area (Å²) in [4.78, 5) is 23.9. The van der Waals surface area contributed by atoms with Crippen LogP contribution in [0.1, 0.15) is 54.4 Å². The number of amides is 2. The van der Waals surface area contributed by atoms with E-state index in [0.717, 1.165) is 18.4 Å². The smallest absolute Gasteiger partial charge is 0.274 e. The van der Waals surface area contributed by atoms with Crippen LogP contribution in [0, 0.1) is 5.92 Å². The summed E-state index contributed by atoms with van der Waals surface area (Å²) in [6.45, 7) is 0.468. The lowest BCUT2D eigenvalue weighted by molar-refractivity contribution is -0.117. The van der Waals surface area contributed by atoms with Crippen molar-refractivity contribution in [1.29, 1.82) is 0 Å². The third-order valence-corrected chi connectivity index (χ3v) is 5.69. The Morgan fingerprint density at radius 2 is 1.74 bits per heavy atom. The van der Waals surface area contributed by atoms with E-state index in [1.807, 2.05) is 36.4 Å². The molecule has 2 amide bonds. The van der Waals surface area contributed by atoms with Crippen LogP contribution in [0.15, 0.2) is 60.7 Å². The maximum absolute atomic E-state index is 12.5. The number of rotatable bonds is 9. The van der Waals surface area contributed by atoms with Crippen LogP contribution in [-0.2, 0) is 4.79 Å². The molecule has 1 atom stereocenters. The van der Waals surface area contributed by atoms with Crippen molar-refractivity contribution in [3.8, 4) is 5.75 Å². The highest BCUT2D eigenvalue weighted by molar-refractivity contribution is 5.93. The first-order valence-corrected chi connectivity index (χ1v) is 10.9. The number of benzene rings is 2. The van der Waals surface area contributed by atoms with Crippen molar-refractivity contribution >= 4 is 17.9 Å². The summed E-state index contributed by atoms with van der Waals surface area (Å²) in [6.07, 6.45) is 10.0. The Kier molecular flexibility index (Phi) is 8.67. The van der Waals surface area contributed by atoms with Gasteiger partial charge >= 0.3 is 0 Å². The molecule has 1 unspecified atom stereocenters. The van der Waals surface area contributed by atoms with E-state index in [2.05, 4.69) is 5.32 Å². The van der Waals surface area contributed by atoms with Crippen molar-refractivity contribution in [3.63, 3.8) is 0 Å². The number of hydroxylamine groups is 1. The van der Waals surface area contributed by atoms with Gasteiger partial charge in [0.1, 0.15) is 5.75 Å². The average Bonchev–Trinajstić information content (AvgIpc) is 2.83. The minimum atomic E-state index is -0.560. The number of carbonyl (C=O) groups is 2. The molecule has 0 spiro atoms. The monoisotopic (exact) mass is 422 g/mol. The maximum atomic E-state index is 12.5. The molecule has 0 bridgehead atoms. The standard InChI is InChI=1S/C25H30N2O4/c28-24(16-11-19-7-3-1-4-8-19)26-23(20-9-5-2-6-10-20)17-18-31-22-14-12-21(13-15-22)25(29)27-30/h1,3-4,7-8,11-16,20,23,30H,2,5-6,9-10,17-18H2,(H,26,28)(H,27,29)/b16-11+. The molecule has 3 N–H and O–H groups in total. The summed E-state index contributed by atoms with van der Waals surface area (Å²) < 4.78 is 5.84. The molecule has 2 aromatic carbocycles. The number of hydrogen-bond acceptors (Lipinski definition) is 4. The Hall–Kier alpha value is -3.12. The quantitative estimate of drug-likeness (QED) is 0.318. The van der Waals surface area contributed by atoms with Crippen LogP contribution >= 0.6 is 0 Å². The summed E-state index contributed by atoms with van der Waals surface area (Å²) in [6, 6.07) is 16.4. The lowest BCUT2D eigenvalue weighted by Crippen LogP contribution is -2.41. The maximum Gasteiger partial charge on any atom is 0.274 e. The third kappa shape index (κ3) is 7.26. The SMILES string of the molecule is O=C(/C=C/c1ccccc1)NC(CCOc1ccc(C(=O)NO)cc1)C1CCCCC1. The number of ether oxygens (including phenoxy) is 1. The van der Waals surface area contributed by atoms with E-state index in [1.54, 1.807) is 35.8 Å². The predicted molar refractivity (Wildman–Crippen MR) is 120 cm³/mol. The molecular formula is C25H30N2O4. The molecule has 0 saturated heterocycles. The van der Waals surface area contributed by atoms with Crippen LogP contribution in [0.25, 0.3) is 6.08 Å². The van der Waals surface area contributed by atoms with E-state index in [1.165, 1.54) is 19.3 Å². The van der Waals surface area contributed by atoms with Crippen molar-refractivity contribution < 1.29 is 19.5 Å². The summed E-state index contributed by atoms with van der Waals surface area (Å²) in [7, 11) is 0. The Morgan fingerprint density at radius 1 is 1.03 bits per heavy atom. The van der Waals surface area contributed by atoms with Crippen molar-refractivity contribution in [2.75, 3.05) is 6.61 Å². The van der Waals surface area contributed by atoms with Gasteiger partial charge in [0.15, 0.2) is 0 Å². The van der Waals surface area contributed by atoms with E-state index in [9.17, 15) is 9.59 Å². The van der Waals surface area contributed by atoms with E-state index >= 15 is 0 Å². The summed E-state index contributed by atoms with van der Waals surface area (Å²) in [5, 5.41) is 11.9. The fourth-order valence-electron chi connectivity index (χ4n) is 4.00. The molecule has 3 rings (SSSR count). The second-order valence-corrected chi connectivity index (χ2v) is 7.86. The number of nitrogens with one attached hydrogen (secondary N) is 2. The van der Waals surface area contributed by atoms with Crippen LogP contribution in [-0.4, -0.2) is 29.7 Å². The topological polar surface area (TPSA) is 87.7 Å². The van der Waals surface area contributed by atoms with Gasteiger partial charge in [-0.3, -0.25) is 14.8 Å². The van der Waals surface area contributed by atoms with Gasteiger partial charge in [-0.1, -0.05) is 49.6 Å². The second kappa shape index (κ2) is 11.9. The van der Waals surface area contributed by atoms with Gasteiger partial charge in [-0.25, -0.2) is 5.48 Å². The van der Waals surface area contributed by atoms with Crippen LogP contribution in [0.3, 0.4) is 0 Å². The first-order valence-electron chi connectivity index (χ1n) is 10.9. The molecule has 0 aromatic heterocycles. The van der Waals surface area contributed by atoms with Crippen molar-refractivity contribution in [2.45, 2.75) is 44.6 Å². The van der Waals surface area contributed by atoms with Gasteiger partial charge in [0, 0.05) is 24.1 Å². The molecular weight excluding hydrogens is 392 g/mol. The Bertz CT molecular complexity index is 859. The molecule has 6 heteroatoms. The van der Waals surface area contributed by atoms with Crippen LogP contribution < -0.4 is 15.5 Å². The number of carbonyl (C=O) groups excluding carboxylic acids is 2. The highest BCUT2D eigenvalue weighted by Crippen LogP contribution is 2.28. The predicted octanol–water partition coefficient (Wildman–Crippen LogP) is 4.35. The van der Waals surface area contributed by atoms with Gasteiger partial charge in [0.25, 0.3) is 5.91 Å². The zero-order chi connectivity index (χ0) is 21.9. The van der Waals surface area contributed by atoms with Gasteiger partial charge in [-0.05, 0) is 54.7 Å². The molecule has 0 radical (unpaired) electrons. The van der Waals surface area contributed by atoms with E-state index in [-0.39, 0.29) is 11.9 Å². The normalized spacial score (nSPS) is 15.4. The fraction of sp³-hybridized carbons (Fsp3) is 0.360. The third-order valence-electron chi connectivity index (χ3n) is 5.69. The first-order chi connectivity index (χ1) is 15.2. The largest absolute Gasteiger partial charge is 0.494 e. The molecule has 1 aliphatic rings. The molecule has 164 valence electrons. The summed E-state index contributed by atoms with van der Waals surface area (Å²) in [5.41, 5.74) is 2.96. The molecule has 1 fully saturated rings. The van der Waals surface area contributed by atoms with Crippen molar-refractivity contribution in [3.05, 3.63) is 71.8 Å². The van der Waals surface area contributed by atoms with E-state index < -0.39 is 5.91 Å². The lowest BCUT2D eigenvalue weighted by atomic mass is 9.82. The highest BCUT2D eigenvalue weighted by atomic mass is 16.5. The van der Waals surface area contributed by atoms with Crippen LogP contribution in [0.4, 0.5) is 0 Å². The Labute approximate surface area is 183 Å². The highest BCUT2D eigenvalue weighted by Gasteiger charge is 2.24. The Balaban J connectivity index is 1.55. The second-order valence-electron chi connectivity index (χ2n) is 7.86. The fourth-order valence-corrected chi connectivity index (χ4v) is 4.00. The summed E-state index contributed by atoms with van der Waals surface area (Å²) in [5.74, 6) is 0.461. The minimum Gasteiger partial charge on any atom is -0.494 e. The van der Waals surface area contributed by atoms with Crippen molar-refractivity contribution in [2.24, 2.45) is 5.92 Å². The zero-order valence-electron chi connectivity index (χ0n) is 17.6. The van der Waals surface area contributed by atoms with E-state index in [4.69, 9.17) is 9.94 Å². The molecule has 2 aromatic rings. The lowest BCUT2D eigenvalue weighted by Gasteiger charge is -2.30. The molecule has 31 heavy (non-hydrogen) atoms. The van der Waals surface area contributed by atoms with Crippen LogP contribution in [0.5, 0.6) is 5.75 Å². The molecule has 6 nitrogen and oxygen atoms in total. The van der Waals surface area contributed by atoms with Gasteiger partial charge in [-0.2, -0.15) is 0 Å².